The summed E-state index contributed by atoms with van der Waals surface area (Å²) < 4.78 is 4.52. The van der Waals surface area contributed by atoms with E-state index in [2.05, 4.69) is 4.74 Å². The Balaban J connectivity index is 2.69. The maximum Gasteiger partial charge on any atom is 0.322 e. The third-order valence-electron chi connectivity index (χ3n) is 1.90. The minimum absolute atomic E-state index is 0.395. The fourth-order valence-corrected chi connectivity index (χ4v) is 1.35. The molecule has 0 radical (unpaired) electrons. The van der Waals surface area contributed by atoms with Crippen LogP contribution >= 0.6 is 11.6 Å². The van der Waals surface area contributed by atoms with Gasteiger partial charge in [-0.25, -0.2) is 0 Å². The van der Waals surface area contributed by atoms with Crippen LogP contribution in [0.25, 0.3) is 0 Å². The molecule has 0 aliphatic heterocycles. The van der Waals surface area contributed by atoms with Gasteiger partial charge in [0, 0.05) is 5.02 Å². The molecule has 0 heterocycles. The van der Waals surface area contributed by atoms with Crippen LogP contribution in [0.15, 0.2) is 24.3 Å². The number of rotatable bonds is 3. The van der Waals surface area contributed by atoms with Crippen molar-refractivity contribution < 1.29 is 9.53 Å². The molecular weight excluding hydrogens is 202 g/mol. The predicted molar refractivity (Wildman–Crippen MR) is 55.1 cm³/mol. The molecule has 1 atom stereocenters. The molecule has 76 valence electrons. The molecule has 1 aromatic rings. The molecule has 0 amide bonds. The van der Waals surface area contributed by atoms with Crippen LogP contribution in [0.5, 0.6) is 0 Å². The monoisotopic (exact) mass is 213 g/mol. The van der Waals surface area contributed by atoms with Gasteiger partial charge in [0.2, 0.25) is 0 Å². The van der Waals surface area contributed by atoms with E-state index in [0.717, 1.165) is 5.56 Å². The van der Waals surface area contributed by atoms with Crippen molar-refractivity contribution in [3.8, 4) is 0 Å². The summed E-state index contributed by atoms with van der Waals surface area (Å²) in [5.74, 6) is -0.426. The molecule has 0 aliphatic rings. The highest BCUT2D eigenvalue weighted by Gasteiger charge is 2.15. The van der Waals surface area contributed by atoms with Crippen molar-refractivity contribution >= 4 is 17.6 Å². The lowest BCUT2D eigenvalue weighted by Crippen LogP contribution is -2.33. The molecule has 3 nitrogen and oxygen atoms in total. The molecule has 0 aliphatic carbocycles. The Morgan fingerprint density at radius 2 is 2.21 bits per heavy atom. The van der Waals surface area contributed by atoms with E-state index in [1.807, 2.05) is 18.2 Å². The topological polar surface area (TPSA) is 52.3 Å². The highest BCUT2D eigenvalue weighted by atomic mass is 35.5. The van der Waals surface area contributed by atoms with E-state index in [1.54, 1.807) is 6.07 Å². The minimum Gasteiger partial charge on any atom is -0.468 e. The van der Waals surface area contributed by atoms with E-state index in [9.17, 15) is 4.79 Å². The van der Waals surface area contributed by atoms with Crippen molar-refractivity contribution in [1.82, 2.24) is 0 Å². The normalized spacial score (nSPS) is 12.2. The zero-order valence-electron chi connectivity index (χ0n) is 7.87. The van der Waals surface area contributed by atoms with E-state index in [-0.39, 0.29) is 0 Å². The van der Waals surface area contributed by atoms with Gasteiger partial charge in [0.1, 0.15) is 6.04 Å². The lowest BCUT2D eigenvalue weighted by atomic mass is 10.1. The molecule has 0 aromatic heterocycles. The zero-order chi connectivity index (χ0) is 10.6. The van der Waals surface area contributed by atoms with Crippen molar-refractivity contribution in [2.75, 3.05) is 7.11 Å². The average molecular weight is 214 g/mol. The fourth-order valence-electron chi connectivity index (χ4n) is 1.14. The summed E-state index contributed by atoms with van der Waals surface area (Å²) in [6.07, 6.45) is 0.395. The number of carbonyl (C=O) groups excluding carboxylic acids is 1. The zero-order valence-corrected chi connectivity index (χ0v) is 8.62. The standard InChI is InChI=1S/C10H12ClNO2/c1-14-10(13)9(12)6-7-4-2-3-5-8(7)11/h2-5,9H,6,12H2,1H3/t9-/m1/s1. The highest BCUT2D eigenvalue weighted by molar-refractivity contribution is 6.31. The Morgan fingerprint density at radius 3 is 2.79 bits per heavy atom. The van der Waals surface area contributed by atoms with Gasteiger partial charge in [-0.15, -0.1) is 0 Å². The van der Waals surface area contributed by atoms with Gasteiger partial charge in [0.05, 0.1) is 7.11 Å². The number of hydrogen-bond donors (Lipinski definition) is 1. The van der Waals surface area contributed by atoms with E-state index in [1.165, 1.54) is 7.11 Å². The number of benzene rings is 1. The second-order valence-electron chi connectivity index (χ2n) is 2.93. The second kappa shape index (κ2) is 4.98. The van der Waals surface area contributed by atoms with Crippen LogP contribution in [0.1, 0.15) is 5.56 Å². The molecule has 2 N–H and O–H groups in total. The summed E-state index contributed by atoms with van der Waals surface area (Å²) in [7, 11) is 1.31. The Labute approximate surface area is 87.8 Å². The Bertz CT molecular complexity index is 328. The highest BCUT2D eigenvalue weighted by Crippen LogP contribution is 2.16. The number of esters is 1. The Morgan fingerprint density at radius 1 is 1.57 bits per heavy atom. The van der Waals surface area contributed by atoms with Gasteiger partial charge in [-0.3, -0.25) is 4.79 Å². The first kappa shape index (κ1) is 11.0. The SMILES string of the molecule is COC(=O)[C@H](N)Cc1ccccc1Cl. The first-order chi connectivity index (χ1) is 6.65. The van der Waals surface area contributed by atoms with Crippen LogP contribution < -0.4 is 5.73 Å². The molecule has 0 spiro atoms. The minimum atomic E-state index is -0.653. The van der Waals surface area contributed by atoms with Gasteiger partial charge in [-0.05, 0) is 18.1 Å². The van der Waals surface area contributed by atoms with E-state index >= 15 is 0 Å². The molecular formula is C10H12ClNO2. The number of hydrogen-bond acceptors (Lipinski definition) is 3. The van der Waals surface area contributed by atoms with E-state index < -0.39 is 12.0 Å². The summed E-state index contributed by atoms with van der Waals surface area (Å²) >= 11 is 5.91. The van der Waals surface area contributed by atoms with Crippen LogP contribution in [0.2, 0.25) is 5.02 Å². The summed E-state index contributed by atoms with van der Waals surface area (Å²) in [5, 5.41) is 0.617. The molecule has 14 heavy (non-hydrogen) atoms. The van der Waals surface area contributed by atoms with Gasteiger partial charge in [0.15, 0.2) is 0 Å². The maximum absolute atomic E-state index is 11.0. The second-order valence-corrected chi connectivity index (χ2v) is 3.33. The van der Waals surface area contributed by atoms with Gasteiger partial charge in [-0.2, -0.15) is 0 Å². The van der Waals surface area contributed by atoms with Crippen molar-refractivity contribution in [3.05, 3.63) is 34.9 Å². The largest absolute Gasteiger partial charge is 0.468 e. The lowest BCUT2D eigenvalue weighted by molar-refractivity contribution is -0.142. The maximum atomic E-state index is 11.0. The predicted octanol–water partition coefficient (Wildman–Crippen LogP) is 1.38. The molecule has 0 unspecified atom stereocenters. The lowest BCUT2D eigenvalue weighted by Gasteiger charge is -2.09. The van der Waals surface area contributed by atoms with E-state index in [0.29, 0.717) is 11.4 Å². The number of halogens is 1. The summed E-state index contributed by atoms with van der Waals surface area (Å²) in [4.78, 5) is 11.0. The first-order valence-corrected chi connectivity index (χ1v) is 4.59. The smallest absolute Gasteiger partial charge is 0.322 e. The number of methoxy groups -OCH3 is 1. The molecule has 0 saturated heterocycles. The van der Waals surface area contributed by atoms with Crippen LogP contribution in [0, 0.1) is 0 Å². The third kappa shape index (κ3) is 2.72. The Kier molecular flexibility index (Phi) is 3.92. The van der Waals surface area contributed by atoms with Crippen molar-refractivity contribution in [2.24, 2.45) is 5.73 Å². The molecule has 1 rings (SSSR count). The van der Waals surface area contributed by atoms with Crippen molar-refractivity contribution in [2.45, 2.75) is 12.5 Å². The van der Waals surface area contributed by atoms with Crippen LogP contribution in [0.3, 0.4) is 0 Å². The van der Waals surface area contributed by atoms with E-state index in [4.69, 9.17) is 17.3 Å². The fraction of sp³-hybridized carbons (Fsp3) is 0.300. The number of nitrogens with two attached hydrogens (primary N) is 1. The van der Waals surface area contributed by atoms with Crippen LogP contribution in [-0.4, -0.2) is 19.1 Å². The molecule has 0 saturated carbocycles. The average Bonchev–Trinajstić information content (AvgIpc) is 2.20. The van der Waals surface area contributed by atoms with Crippen LogP contribution in [-0.2, 0) is 16.0 Å². The van der Waals surface area contributed by atoms with Crippen molar-refractivity contribution in [3.63, 3.8) is 0 Å². The van der Waals surface area contributed by atoms with Gasteiger partial charge in [0.25, 0.3) is 0 Å². The molecule has 0 fully saturated rings. The van der Waals surface area contributed by atoms with Crippen LogP contribution in [0.4, 0.5) is 0 Å². The number of ether oxygens (including phenoxy) is 1. The summed E-state index contributed by atoms with van der Waals surface area (Å²) in [5.41, 5.74) is 6.45. The number of carbonyl (C=O) groups is 1. The van der Waals surface area contributed by atoms with Gasteiger partial charge >= 0.3 is 5.97 Å². The summed E-state index contributed by atoms with van der Waals surface area (Å²) in [6, 6.07) is 6.63. The quantitative estimate of drug-likeness (QED) is 0.772. The Hall–Kier alpha value is -1.06. The third-order valence-corrected chi connectivity index (χ3v) is 2.27. The van der Waals surface area contributed by atoms with Gasteiger partial charge in [-0.1, -0.05) is 29.8 Å². The molecule has 4 heteroatoms. The van der Waals surface area contributed by atoms with Gasteiger partial charge < -0.3 is 10.5 Å². The first-order valence-electron chi connectivity index (χ1n) is 4.22. The summed E-state index contributed by atoms with van der Waals surface area (Å²) in [6.45, 7) is 0. The molecule has 1 aromatic carbocycles. The van der Waals surface area contributed by atoms with Crippen molar-refractivity contribution in [1.29, 1.82) is 0 Å². The molecule has 0 bridgehead atoms.